The molecule has 0 saturated carbocycles. The first-order valence-electron chi connectivity index (χ1n) is 4.40. The van der Waals surface area contributed by atoms with E-state index < -0.39 is 0 Å². The Morgan fingerprint density at radius 3 is 2.21 bits per heavy atom. The first-order valence-corrected chi connectivity index (χ1v) is 4.40. The molecule has 0 fully saturated rings. The van der Waals surface area contributed by atoms with Gasteiger partial charge in [-0.3, -0.25) is 4.79 Å². The summed E-state index contributed by atoms with van der Waals surface area (Å²) >= 11 is 0. The number of benzene rings is 1. The van der Waals surface area contributed by atoms with E-state index in [1.165, 1.54) is 0 Å². The lowest BCUT2D eigenvalue weighted by Gasteiger charge is -2.12. The van der Waals surface area contributed by atoms with E-state index in [4.69, 9.17) is 9.47 Å². The topological polar surface area (TPSA) is 35.5 Å². The van der Waals surface area contributed by atoms with Crippen molar-refractivity contribution in [3.8, 4) is 0 Å². The predicted octanol–water partition coefficient (Wildman–Crippen LogP) is 1.66. The highest BCUT2D eigenvalue weighted by Gasteiger charge is 2.05. The summed E-state index contributed by atoms with van der Waals surface area (Å²) in [6, 6.07) is 7.36. The molecular weight excluding hydrogens is 180 g/mol. The van der Waals surface area contributed by atoms with Crippen molar-refractivity contribution < 1.29 is 14.3 Å². The molecule has 0 unspecified atom stereocenters. The first-order chi connectivity index (χ1) is 6.80. The molecule has 0 radical (unpaired) electrons. The maximum atomic E-state index is 10.4. The van der Waals surface area contributed by atoms with Gasteiger partial charge < -0.3 is 9.47 Å². The molecule has 3 heteroatoms. The number of hydrogen-bond acceptors (Lipinski definition) is 3. The quantitative estimate of drug-likeness (QED) is 0.528. The summed E-state index contributed by atoms with van der Waals surface area (Å²) in [5.41, 5.74) is 1.77. The Bertz CT molecular complexity index is 275. The molecule has 0 heterocycles. The maximum absolute atomic E-state index is 10.4. The molecule has 3 nitrogen and oxygen atoms in total. The summed E-state index contributed by atoms with van der Waals surface area (Å²) in [5, 5.41) is 0. The Labute approximate surface area is 83.6 Å². The highest BCUT2D eigenvalue weighted by Crippen LogP contribution is 2.07. The lowest BCUT2D eigenvalue weighted by molar-refractivity contribution is -0.100. The number of rotatable bonds is 5. The van der Waals surface area contributed by atoms with Crippen LogP contribution in [0.4, 0.5) is 0 Å². The lowest BCUT2D eigenvalue weighted by Crippen LogP contribution is -2.15. The second-order valence-electron chi connectivity index (χ2n) is 2.96. The van der Waals surface area contributed by atoms with Crippen LogP contribution in [-0.4, -0.2) is 26.8 Å². The Morgan fingerprint density at radius 2 is 1.79 bits per heavy atom. The predicted molar refractivity (Wildman–Crippen MR) is 53.3 cm³/mol. The summed E-state index contributed by atoms with van der Waals surface area (Å²) in [6.07, 6.45) is 1.29. The average molecular weight is 194 g/mol. The van der Waals surface area contributed by atoms with Gasteiger partial charge in [0.05, 0.1) is 0 Å². The summed E-state index contributed by atoms with van der Waals surface area (Å²) in [7, 11) is 3.21. The van der Waals surface area contributed by atoms with Crippen LogP contribution < -0.4 is 0 Å². The van der Waals surface area contributed by atoms with Crippen LogP contribution in [0.25, 0.3) is 0 Å². The Hall–Kier alpha value is -1.19. The van der Waals surface area contributed by atoms with Crippen molar-refractivity contribution in [2.24, 2.45) is 0 Å². The molecule has 0 amide bonds. The van der Waals surface area contributed by atoms with Crippen molar-refractivity contribution in [1.29, 1.82) is 0 Å². The Kier molecular flexibility index (Phi) is 4.29. The molecule has 14 heavy (non-hydrogen) atoms. The molecule has 0 aliphatic rings. The molecule has 0 N–H and O–H groups in total. The van der Waals surface area contributed by atoms with E-state index in [9.17, 15) is 4.79 Å². The largest absolute Gasteiger partial charge is 0.356 e. The molecule has 0 aliphatic carbocycles. The van der Waals surface area contributed by atoms with Gasteiger partial charge in [0.25, 0.3) is 0 Å². The zero-order valence-electron chi connectivity index (χ0n) is 8.40. The number of aldehydes is 1. The normalized spacial score (nSPS) is 10.5. The number of methoxy groups -OCH3 is 2. The third kappa shape index (κ3) is 2.94. The van der Waals surface area contributed by atoms with Crippen molar-refractivity contribution >= 4 is 6.29 Å². The molecule has 76 valence electrons. The SMILES string of the molecule is COC(Cc1ccc(C=O)cc1)OC. The summed E-state index contributed by atoms with van der Waals surface area (Å²) in [6.45, 7) is 0. The van der Waals surface area contributed by atoms with Crippen LogP contribution in [0.5, 0.6) is 0 Å². The number of carbonyl (C=O) groups excluding carboxylic acids is 1. The van der Waals surface area contributed by atoms with Crippen LogP contribution in [0, 0.1) is 0 Å². The van der Waals surface area contributed by atoms with Gasteiger partial charge in [0.15, 0.2) is 6.29 Å². The molecule has 0 bridgehead atoms. The molecule has 1 aromatic carbocycles. The van der Waals surface area contributed by atoms with Crippen molar-refractivity contribution in [1.82, 2.24) is 0 Å². The van der Waals surface area contributed by atoms with Crippen molar-refractivity contribution in [3.05, 3.63) is 35.4 Å². The Morgan fingerprint density at radius 1 is 1.21 bits per heavy atom. The molecule has 0 saturated heterocycles. The van der Waals surface area contributed by atoms with Gasteiger partial charge in [-0.05, 0) is 5.56 Å². The van der Waals surface area contributed by atoms with Gasteiger partial charge in [-0.2, -0.15) is 0 Å². The zero-order chi connectivity index (χ0) is 10.4. The van der Waals surface area contributed by atoms with Crippen LogP contribution in [0.1, 0.15) is 15.9 Å². The molecular formula is C11H14O3. The summed E-state index contributed by atoms with van der Waals surface area (Å²) < 4.78 is 10.1. The third-order valence-corrected chi connectivity index (χ3v) is 2.04. The van der Waals surface area contributed by atoms with Crippen LogP contribution in [-0.2, 0) is 15.9 Å². The fourth-order valence-corrected chi connectivity index (χ4v) is 1.19. The monoisotopic (exact) mass is 194 g/mol. The van der Waals surface area contributed by atoms with Gasteiger partial charge >= 0.3 is 0 Å². The van der Waals surface area contributed by atoms with E-state index in [2.05, 4.69) is 0 Å². The molecule has 0 aromatic heterocycles. The van der Waals surface area contributed by atoms with Crippen LogP contribution in [0.3, 0.4) is 0 Å². The highest BCUT2D eigenvalue weighted by molar-refractivity contribution is 5.74. The number of ether oxygens (including phenoxy) is 2. The van der Waals surface area contributed by atoms with Gasteiger partial charge in [0, 0.05) is 26.2 Å². The minimum Gasteiger partial charge on any atom is -0.356 e. The Balaban J connectivity index is 2.63. The minimum atomic E-state index is -0.225. The minimum absolute atomic E-state index is 0.225. The highest BCUT2D eigenvalue weighted by atomic mass is 16.7. The van der Waals surface area contributed by atoms with E-state index in [0.29, 0.717) is 12.0 Å². The zero-order valence-corrected chi connectivity index (χ0v) is 8.40. The number of hydrogen-bond donors (Lipinski definition) is 0. The van der Waals surface area contributed by atoms with Gasteiger partial charge in [0.2, 0.25) is 0 Å². The van der Waals surface area contributed by atoms with E-state index in [-0.39, 0.29) is 6.29 Å². The van der Waals surface area contributed by atoms with Crippen LogP contribution >= 0.6 is 0 Å². The maximum Gasteiger partial charge on any atom is 0.160 e. The average Bonchev–Trinajstić information content (AvgIpc) is 2.26. The standard InChI is InChI=1S/C11H14O3/c1-13-11(14-2)7-9-3-5-10(8-12)6-4-9/h3-6,8,11H,7H2,1-2H3. The fourth-order valence-electron chi connectivity index (χ4n) is 1.19. The van der Waals surface area contributed by atoms with Gasteiger partial charge in [0.1, 0.15) is 6.29 Å². The molecule has 1 rings (SSSR count). The molecule has 0 spiro atoms. The van der Waals surface area contributed by atoms with Gasteiger partial charge in [-0.15, -0.1) is 0 Å². The molecule has 1 aromatic rings. The van der Waals surface area contributed by atoms with Crippen LogP contribution in [0.2, 0.25) is 0 Å². The number of carbonyl (C=O) groups is 1. The summed E-state index contributed by atoms with van der Waals surface area (Å²) in [4.78, 5) is 10.4. The van der Waals surface area contributed by atoms with E-state index in [1.54, 1.807) is 26.4 Å². The third-order valence-electron chi connectivity index (χ3n) is 2.04. The molecule has 0 aliphatic heterocycles. The van der Waals surface area contributed by atoms with Crippen molar-refractivity contribution in [2.45, 2.75) is 12.7 Å². The van der Waals surface area contributed by atoms with Gasteiger partial charge in [-0.25, -0.2) is 0 Å². The fraction of sp³-hybridized carbons (Fsp3) is 0.364. The van der Waals surface area contributed by atoms with Crippen molar-refractivity contribution in [3.63, 3.8) is 0 Å². The summed E-state index contributed by atoms with van der Waals surface area (Å²) in [5.74, 6) is 0. The smallest absolute Gasteiger partial charge is 0.160 e. The van der Waals surface area contributed by atoms with E-state index in [0.717, 1.165) is 11.8 Å². The molecule has 0 atom stereocenters. The van der Waals surface area contributed by atoms with E-state index >= 15 is 0 Å². The first kappa shape index (κ1) is 10.9. The second kappa shape index (κ2) is 5.52. The lowest BCUT2D eigenvalue weighted by atomic mass is 10.1. The van der Waals surface area contributed by atoms with Crippen molar-refractivity contribution in [2.75, 3.05) is 14.2 Å². The van der Waals surface area contributed by atoms with E-state index in [1.807, 2.05) is 12.1 Å². The van der Waals surface area contributed by atoms with Gasteiger partial charge in [-0.1, -0.05) is 24.3 Å². The van der Waals surface area contributed by atoms with Crippen LogP contribution in [0.15, 0.2) is 24.3 Å². The second-order valence-corrected chi connectivity index (χ2v) is 2.96.